The van der Waals surface area contributed by atoms with Crippen molar-refractivity contribution in [2.24, 2.45) is 0 Å². The van der Waals surface area contributed by atoms with E-state index >= 15 is 0 Å². The SMILES string of the molecule is CSC(C)CCNc1cc2n[nH]c(=O)n2c(C)n1. The summed E-state index contributed by atoms with van der Waals surface area (Å²) in [6.45, 7) is 4.85. The minimum Gasteiger partial charge on any atom is -0.370 e. The number of nitrogens with one attached hydrogen (secondary N) is 2. The molecule has 0 aliphatic carbocycles. The number of thioether (sulfide) groups is 1. The van der Waals surface area contributed by atoms with Crippen LogP contribution in [0.5, 0.6) is 0 Å². The highest BCUT2D eigenvalue weighted by atomic mass is 32.2. The van der Waals surface area contributed by atoms with Gasteiger partial charge in [0.15, 0.2) is 5.65 Å². The molecule has 1 unspecified atom stereocenters. The molecule has 2 rings (SSSR count). The Morgan fingerprint density at radius 3 is 3.11 bits per heavy atom. The zero-order valence-corrected chi connectivity index (χ0v) is 11.5. The number of anilines is 1. The maximum Gasteiger partial charge on any atom is 0.349 e. The highest BCUT2D eigenvalue weighted by Gasteiger charge is 2.06. The lowest BCUT2D eigenvalue weighted by Crippen LogP contribution is -2.15. The molecule has 0 bridgehead atoms. The Morgan fingerprint density at radius 2 is 2.39 bits per heavy atom. The summed E-state index contributed by atoms with van der Waals surface area (Å²) in [5.74, 6) is 1.39. The molecule has 1 atom stereocenters. The third-order valence-corrected chi connectivity index (χ3v) is 3.87. The van der Waals surface area contributed by atoms with Gasteiger partial charge in [0.1, 0.15) is 11.6 Å². The van der Waals surface area contributed by atoms with Gasteiger partial charge >= 0.3 is 5.69 Å². The van der Waals surface area contributed by atoms with Crippen molar-refractivity contribution in [3.05, 3.63) is 22.4 Å². The molecule has 0 saturated carbocycles. The van der Waals surface area contributed by atoms with E-state index in [1.807, 2.05) is 11.8 Å². The Balaban J connectivity index is 2.13. The van der Waals surface area contributed by atoms with Crippen LogP contribution in [0.15, 0.2) is 10.9 Å². The fraction of sp³-hybridized carbons (Fsp3) is 0.545. The quantitative estimate of drug-likeness (QED) is 0.853. The highest BCUT2D eigenvalue weighted by Crippen LogP contribution is 2.11. The summed E-state index contributed by atoms with van der Waals surface area (Å²) in [6.07, 6.45) is 3.18. The van der Waals surface area contributed by atoms with Crippen LogP contribution < -0.4 is 11.0 Å². The zero-order valence-electron chi connectivity index (χ0n) is 10.7. The monoisotopic (exact) mass is 267 g/mol. The van der Waals surface area contributed by atoms with Crippen LogP contribution in [0.4, 0.5) is 5.82 Å². The summed E-state index contributed by atoms with van der Waals surface area (Å²) in [6, 6.07) is 1.77. The van der Waals surface area contributed by atoms with Crippen LogP contribution in [0.25, 0.3) is 5.65 Å². The standard InChI is InChI=1S/C11H17N5OS/c1-7(18-3)4-5-12-9-6-10-14-15-11(17)16(10)8(2)13-9/h6-7,12H,4-5H2,1-3H3,(H,15,17). The fourth-order valence-electron chi connectivity index (χ4n) is 1.71. The third kappa shape index (κ3) is 2.66. The number of hydrogen-bond acceptors (Lipinski definition) is 5. The number of aromatic nitrogens is 4. The Hall–Kier alpha value is -1.50. The molecule has 2 aromatic heterocycles. The molecule has 0 radical (unpaired) electrons. The first kappa shape index (κ1) is 12.9. The van der Waals surface area contributed by atoms with Gasteiger partial charge in [-0.1, -0.05) is 6.92 Å². The lowest BCUT2D eigenvalue weighted by molar-refractivity contribution is 0.845. The Morgan fingerprint density at radius 1 is 1.61 bits per heavy atom. The van der Waals surface area contributed by atoms with Crippen LogP contribution in [0, 0.1) is 6.92 Å². The maximum absolute atomic E-state index is 11.4. The molecule has 0 saturated heterocycles. The second-order valence-electron chi connectivity index (χ2n) is 4.17. The maximum atomic E-state index is 11.4. The van der Waals surface area contributed by atoms with E-state index in [1.54, 1.807) is 13.0 Å². The van der Waals surface area contributed by atoms with Gasteiger partial charge in [0.05, 0.1) is 0 Å². The predicted octanol–water partition coefficient (Wildman–Crippen LogP) is 1.28. The molecule has 2 heterocycles. The zero-order chi connectivity index (χ0) is 13.1. The molecule has 0 amide bonds. The smallest absolute Gasteiger partial charge is 0.349 e. The predicted molar refractivity (Wildman–Crippen MR) is 74.4 cm³/mol. The number of H-pyrrole nitrogens is 1. The summed E-state index contributed by atoms with van der Waals surface area (Å²) >= 11 is 1.85. The van der Waals surface area contributed by atoms with Gasteiger partial charge in [0, 0.05) is 17.9 Å². The summed E-state index contributed by atoms with van der Waals surface area (Å²) in [5, 5.41) is 10.2. The minimum absolute atomic E-state index is 0.252. The van der Waals surface area contributed by atoms with Gasteiger partial charge < -0.3 is 5.32 Å². The molecule has 7 heteroatoms. The van der Waals surface area contributed by atoms with Crippen LogP contribution in [0.3, 0.4) is 0 Å². The van der Waals surface area contributed by atoms with Crippen molar-refractivity contribution in [3.8, 4) is 0 Å². The molecular formula is C11H17N5OS. The van der Waals surface area contributed by atoms with E-state index in [1.165, 1.54) is 4.40 Å². The largest absolute Gasteiger partial charge is 0.370 e. The Bertz CT molecular complexity index is 591. The van der Waals surface area contributed by atoms with E-state index in [-0.39, 0.29) is 5.69 Å². The molecule has 0 aliphatic rings. The van der Waals surface area contributed by atoms with E-state index in [0.29, 0.717) is 16.7 Å². The van der Waals surface area contributed by atoms with Crippen molar-refractivity contribution in [2.75, 3.05) is 18.1 Å². The second kappa shape index (κ2) is 5.43. The first-order chi connectivity index (χ1) is 8.61. The molecule has 0 spiro atoms. The van der Waals surface area contributed by atoms with E-state index in [0.717, 1.165) is 18.8 Å². The molecule has 6 nitrogen and oxygen atoms in total. The van der Waals surface area contributed by atoms with Crippen molar-refractivity contribution < 1.29 is 0 Å². The number of rotatable bonds is 5. The van der Waals surface area contributed by atoms with Gasteiger partial charge in [0.2, 0.25) is 0 Å². The molecule has 0 aliphatic heterocycles. The van der Waals surface area contributed by atoms with Crippen LogP contribution in [0.2, 0.25) is 0 Å². The lowest BCUT2D eigenvalue weighted by atomic mass is 10.3. The second-order valence-corrected chi connectivity index (χ2v) is 5.45. The number of fused-ring (bicyclic) bond motifs is 1. The van der Waals surface area contributed by atoms with E-state index in [4.69, 9.17) is 0 Å². The summed E-state index contributed by atoms with van der Waals surface area (Å²) in [7, 11) is 0. The van der Waals surface area contributed by atoms with Gasteiger partial charge in [-0.25, -0.2) is 19.3 Å². The highest BCUT2D eigenvalue weighted by molar-refractivity contribution is 7.99. The first-order valence-electron chi connectivity index (χ1n) is 5.83. The molecule has 2 N–H and O–H groups in total. The molecule has 0 fully saturated rings. The number of aromatic amines is 1. The van der Waals surface area contributed by atoms with Crippen molar-refractivity contribution >= 4 is 23.2 Å². The van der Waals surface area contributed by atoms with Crippen molar-refractivity contribution in [2.45, 2.75) is 25.5 Å². The molecule has 18 heavy (non-hydrogen) atoms. The Kier molecular flexibility index (Phi) is 3.90. The van der Waals surface area contributed by atoms with Crippen molar-refractivity contribution in [3.63, 3.8) is 0 Å². The summed E-state index contributed by atoms with van der Waals surface area (Å²) in [4.78, 5) is 15.8. The van der Waals surface area contributed by atoms with Gasteiger partial charge in [-0.05, 0) is 19.6 Å². The van der Waals surface area contributed by atoms with E-state index in [2.05, 4.69) is 33.7 Å². The summed E-state index contributed by atoms with van der Waals surface area (Å²) in [5.41, 5.74) is 0.338. The number of hydrogen-bond donors (Lipinski definition) is 2. The van der Waals surface area contributed by atoms with Gasteiger partial charge in [-0.3, -0.25) is 0 Å². The van der Waals surface area contributed by atoms with Crippen LogP contribution in [-0.2, 0) is 0 Å². The molecule has 2 aromatic rings. The van der Waals surface area contributed by atoms with E-state index in [9.17, 15) is 4.79 Å². The number of aryl methyl sites for hydroxylation is 1. The molecule has 0 aromatic carbocycles. The lowest BCUT2D eigenvalue weighted by Gasteiger charge is -2.10. The number of nitrogens with zero attached hydrogens (tertiary/aromatic N) is 3. The average molecular weight is 267 g/mol. The molecular weight excluding hydrogens is 250 g/mol. The summed E-state index contributed by atoms with van der Waals surface area (Å²) < 4.78 is 1.45. The van der Waals surface area contributed by atoms with Crippen LogP contribution in [0.1, 0.15) is 19.2 Å². The van der Waals surface area contributed by atoms with Crippen molar-refractivity contribution in [1.82, 2.24) is 19.6 Å². The average Bonchev–Trinajstić information content (AvgIpc) is 2.71. The van der Waals surface area contributed by atoms with Gasteiger partial charge in [-0.2, -0.15) is 16.9 Å². The van der Waals surface area contributed by atoms with Crippen molar-refractivity contribution in [1.29, 1.82) is 0 Å². The topological polar surface area (TPSA) is 75.1 Å². The minimum atomic E-state index is -0.252. The Labute approximate surface area is 109 Å². The normalized spacial score (nSPS) is 12.8. The molecule has 98 valence electrons. The van der Waals surface area contributed by atoms with Crippen LogP contribution in [-0.4, -0.2) is 37.6 Å². The fourth-order valence-corrected chi connectivity index (χ4v) is 2.06. The van der Waals surface area contributed by atoms with Crippen LogP contribution >= 0.6 is 11.8 Å². The first-order valence-corrected chi connectivity index (χ1v) is 7.12. The van der Waals surface area contributed by atoms with Gasteiger partial charge in [-0.15, -0.1) is 0 Å². The third-order valence-electron chi connectivity index (χ3n) is 2.83. The van der Waals surface area contributed by atoms with E-state index < -0.39 is 0 Å². The van der Waals surface area contributed by atoms with Gasteiger partial charge in [0.25, 0.3) is 0 Å².